The number of fused-ring (bicyclic) bond motifs is 1. The molecule has 146 valence electrons. The zero-order valence-electron chi connectivity index (χ0n) is 15.7. The number of benzene rings is 2. The molecule has 0 spiro atoms. The molecule has 1 aliphatic heterocycles. The van der Waals surface area contributed by atoms with Gasteiger partial charge in [0.05, 0.1) is 33.1 Å². The van der Waals surface area contributed by atoms with Gasteiger partial charge < -0.3 is 19.1 Å². The van der Waals surface area contributed by atoms with Gasteiger partial charge >= 0.3 is 0 Å². The molecule has 4 rings (SSSR count). The first-order chi connectivity index (χ1) is 13.7. The van der Waals surface area contributed by atoms with E-state index in [9.17, 15) is 4.79 Å². The number of nitrogens with zero attached hydrogens (tertiary/aromatic N) is 3. The third kappa shape index (κ3) is 3.24. The van der Waals surface area contributed by atoms with Crippen LogP contribution in [0.25, 0.3) is 11.0 Å². The maximum atomic E-state index is 13.2. The van der Waals surface area contributed by atoms with Crippen molar-refractivity contribution >= 4 is 40.4 Å². The molecule has 9 heteroatoms. The quantitative estimate of drug-likeness (QED) is 0.628. The second-order valence-corrected chi connectivity index (χ2v) is 7.86. The van der Waals surface area contributed by atoms with E-state index >= 15 is 0 Å². The lowest BCUT2D eigenvalue weighted by Gasteiger charge is -2.26. The van der Waals surface area contributed by atoms with Gasteiger partial charge in [0.25, 0.3) is 5.91 Å². The molecule has 1 saturated heterocycles. The predicted molar refractivity (Wildman–Crippen MR) is 110 cm³/mol. The molecular formula is C19H19N3O4S2. The highest BCUT2D eigenvalue weighted by Gasteiger charge is 2.34. The minimum Gasteiger partial charge on any atom is -0.496 e. The van der Waals surface area contributed by atoms with Crippen molar-refractivity contribution in [3.8, 4) is 17.2 Å². The molecule has 28 heavy (non-hydrogen) atoms. The van der Waals surface area contributed by atoms with Crippen LogP contribution in [0.4, 0.5) is 0 Å². The van der Waals surface area contributed by atoms with Gasteiger partial charge in [0, 0.05) is 29.5 Å². The summed E-state index contributed by atoms with van der Waals surface area (Å²) in [5.74, 6) is 2.66. The third-order valence-corrected chi connectivity index (χ3v) is 6.45. The summed E-state index contributed by atoms with van der Waals surface area (Å²) in [6.07, 6.45) is 0. The maximum absolute atomic E-state index is 13.2. The lowest BCUT2D eigenvalue weighted by Crippen LogP contribution is -2.30. The van der Waals surface area contributed by atoms with Gasteiger partial charge in [-0.25, -0.2) is 0 Å². The van der Waals surface area contributed by atoms with Crippen LogP contribution in [0.3, 0.4) is 0 Å². The van der Waals surface area contributed by atoms with Crippen LogP contribution in [-0.4, -0.2) is 53.2 Å². The SMILES string of the molecule is COc1cc(OC)c(C2SCCN2C(=O)c2ccc3nsnc3c2)cc1OC. The van der Waals surface area contributed by atoms with E-state index in [-0.39, 0.29) is 11.3 Å². The molecule has 1 amide bonds. The average Bonchev–Trinajstić information content (AvgIpc) is 3.40. The second kappa shape index (κ2) is 7.84. The number of ether oxygens (including phenoxy) is 3. The van der Waals surface area contributed by atoms with E-state index < -0.39 is 0 Å². The van der Waals surface area contributed by atoms with Gasteiger partial charge in [-0.3, -0.25) is 4.79 Å². The fourth-order valence-electron chi connectivity index (χ4n) is 3.26. The van der Waals surface area contributed by atoms with Crippen molar-refractivity contribution in [3.05, 3.63) is 41.5 Å². The molecule has 1 aromatic heterocycles. The molecule has 0 bridgehead atoms. The molecule has 1 aliphatic rings. The monoisotopic (exact) mass is 417 g/mol. The fraction of sp³-hybridized carbons (Fsp3) is 0.316. The van der Waals surface area contributed by atoms with Gasteiger partial charge in [-0.15, -0.1) is 11.8 Å². The summed E-state index contributed by atoms with van der Waals surface area (Å²) in [6.45, 7) is 0.652. The van der Waals surface area contributed by atoms with Gasteiger partial charge in [0.2, 0.25) is 0 Å². The number of carbonyl (C=O) groups is 1. The van der Waals surface area contributed by atoms with E-state index in [4.69, 9.17) is 14.2 Å². The molecule has 1 unspecified atom stereocenters. The first kappa shape index (κ1) is 18.8. The van der Waals surface area contributed by atoms with Gasteiger partial charge in [0.1, 0.15) is 22.2 Å². The highest BCUT2D eigenvalue weighted by atomic mass is 32.2. The molecule has 3 aromatic rings. The summed E-state index contributed by atoms with van der Waals surface area (Å²) >= 11 is 2.84. The summed E-state index contributed by atoms with van der Waals surface area (Å²) in [7, 11) is 4.79. The Kier molecular flexibility index (Phi) is 5.27. The van der Waals surface area contributed by atoms with Gasteiger partial charge in [-0.05, 0) is 24.3 Å². The Morgan fingerprint density at radius 1 is 1.00 bits per heavy atom. The maximum Gasteiger partial charge on any atom is 0.255 e. The number of rotatable bonds is 5. The Balaban J connectivity index is 1.70. The van der Waals surface area contributed by atoms with E-state index in [1.54, 1.807) is 51.3 Å². The first-order valence-electron chi connectivity index (χ1n) is 8.61. The van der Waals surface area contributed by atoms with E-state index in [2.05, 4.69) is 8.75 Å². The van der Waals surface area contributed by atoms with E-state index in [1.807, 2.05) is 17.0 Å². The van der Waals surface area contributed by atoms with Crippen LogP contribution < -0.4 is 14.2 Å². The highest BCUT2D eigenvalue weighted by molar-refractivity contribution is 7.99. The molecule has 0 N–H and O–H groups in total. The molecular weight excluding hydrogens is 398 g/mol. The molecule has 0 radical (unpaired) electrons. The topological polar surface area (TPSA) is 73.8 Å². The van der Waals surface area contributed by atoms with E-state index in [1.165, 1.54) is 0 Å². The number of carbonyl (C=O) groups excluding carboxylic acids is 1. The zero-order valence-corrected chi connectivity index (χ0v) is 17.3. The Morgan fingerprint density at radius 2 is 1.71 bits per heavy atom. The Morgan fingerprint density at radius 3 is 2.46 bits per heavy atom. The van der Waals surface area contributed by atoms with Crippen LogP contribution in [0, 0.1) is 0 Å². The van der Waals surface area contributed by atoms with Gasteiger partial charge in [-0.1, -0.05) is 0 Å². The Hall–Kier alpha value is -2.52. The van der Waals surface area contributed by atoms with Gasteiger partial charge in [0.15, 0.2) is 11.5 Å². The molecule has 7 nitrogen and oxygen atoms in total. The van der Waals surface area contributed by atoms with Crippen molar-refractivity contribution < 1.29 is 19.0 Å². The van der Waals surface area contributed by atoms with Crippen molar-refractivity contribution in [1.29, 1.82) is 0 Å². The third-order valence-electron chi connectivity index (χ3n) is 4.65. The van der Waals surface area contributed by atoms with Gasteiger partial charge in [-0.2, -0.15) is 8.75 Å². The van der Waals surface area contributed by atoms with Crippen LogP contribution in [0.1, 0.15) is 21.3 Å². The van der Waals surface area contributed by atoms with E-state index in [0.717, 1.165) is 34.1 Å². The Bertz CT molecular complexity index is 1020. The summed E-state index contributed by atoms with van der Waals surface area (Å²) in [5.41, 5.74) is 3.03. The minimum absolute atomic E-state index is 0.0401. The van der Waals surface area contributed by atoms with Crippen LogP contribution in [0.2, 0.25) is 0 Å². The molecule has 0 saturated carbocycles. The van der Waals surface area contributed by atoms with Crippen molar-refractivity contribution in [3.63, 3.8) is 0 Å². The molecule has 0 aliphatic carbocycles. The van der Waals surface area contributed by atoms with Crippen molar-refractivity contribution in [1.82, 2.24) is 13.6 Å². The van der Waals surface area contributed by atoms with Crippen LogP contribution in [-0.2, 0) is 0 Å². The summed E-state index contributed by atoms with van der Waals surface area (Å²) < 4.78 is 24.8. The molecule has 1 atom stereocenters. The molecule has 2 heterocycles. The summed E-state index contributed by atoms with van der Waals surface area (Å²) in [5, 5.41) is -0.175. The van der Waals surface area contributed by atoms with Crippen molar-refractivity contribution in [2.75, 3.05) is 33.6 Å². The number of hydrogen-bond acceptors (Lipinski definition) is 8. The number of hydrogen-bond donors (Lipinski definition) is 0. The van der Waals surface area contributed by atoms with Crippen LogP contribution in [0.5, 0.6) is 17.2 Å². The lowest BCUT2D eigenvalue weighted by molar-refractivity contribution is 0.0759. The van der Waals surface area contributed by atoms with Crippen molar-refractivity contribution in [2.45, 2.75) is 5.37 Å². The summed E-state index contributed by atoms with van der Waals surface area (Å²) in [4.78, 5) is 15.1. The van der Waals surface area contributed by atoms with Crippen molar-refractivity contribution in [2.24, 2.45) is 0 Å². The zero-order chi connectivity index (χ0) is 19.7. The number of amides is 1. The Labute approximate surface area is 170 Å². The largest absolute Gasteiger partial charge is 0.496 e. The van der Waals surface area contributed by atoms with Crippen LogP contribution in [0.15, 0.2) is 30.3 Å². The van der Waals surface area contributed by atoms with E-state index in [0.29, 0.717) is 29.4 Å². The average molecular weight is 418 g/mol. The standard InChI is InChI=1S/C19H19N3O4S2/c1-24-15-10-17(26-3)16(25-2)9-12(15)19-22(6-7-27-19)18(23)11-4-5-13-14(8-11)21-28-20-13/h4-5,8-10,19H,6-7H2,1-3H3. The number of aromatic nitrogens is 2. The smallest absolute Gasteiger partial charge is 0.255 e. The minimum atomic E-state index is -0.175. The fourth-order valence-corrected chi connectivity index (χ4v) is 5.05. The normalized spacial score (nSPS) is 16.4. The predicted octanol–water partition coefficient (Wildman–Crippen LogP) is 3.60. The first-order valence-corrected chi connectivity index (χ1v) is 10.4. The van der Waals surface area contributed by atoms with Crippen LogP contribution >= 0.6 is 23.5 Å². The highest BCUT2D eigenvalue weighted by Crippen LogP contribution is 2.46. The summed E-state index contributed by atoms with van der Waals surface area (Å²) in [6, 6.07) is 9.11. The number of thioether (sulfide) groups is 1. The molecule has 2 aromatic carbocycles. The second-order valence-electron chi connectivity index (χ2n) is 6.14. The lowest BCUT2D eigenvalue weighted by atomic mass is 10.1. The molecule has 1 fully saturated rings. The number of methoxy groups -OCH3 is 3.